The van der Waals surface area contributed by atoms with Crippen molar-refractivity contribution in [2.75, 3.05) is 5.75 Å². The van der Waals surface area contributed by atoms with Crippen LogP contribution in [0.15, 0.2) is 0 Å². The molecule has 0 bridgehead atoms. The summed E-state index contributed by atoms with van der Waals surface area (Å²) >= 11 is 0. The minimum atomic E-state index is -4.14. The van der Waals surface area contributed by atoms with Crippen LogP contribution in [0, 0.1) is 0 Å². The van der Waals surface area contributed by atoms with Crippen molar-refractivity contribution in [1.29, 1.82) is 0 Å². The van der Waals surface area contributed by atoms with E-state index >= 15 is 0 Å². The Hall–Kier alpha value is -0.160. The summed E-state index contributed by atoms with van der Waals surface area (Å²) in [6, 6.07) is 0. The summed E-state index contributed by atoms with van der Waals surface area (Å²) in [7, 11) is -4.14. The summed E-state index contributed by atoms with van der Waals surface area (Å²) in [6.07, 6.45) is 1.33. The monoisotopic (exact) mass is 198 g/mol. The van der Waals surface area contributed by atoms with Crippen molar-refractivity contribution >= 4 is 10.1 Å². The van der Waals surface area contributed by atoms with Gasteiger partial charge in [0.15, 0.2) is 0 Å². The molecule has 0 rings (SSSR count). The molecule has 3 nitrogen and oxygen atoms in total. The highest BCUT2D eigenvalue weighted by atomic mass is 32.2. The molecule has 0 aromatic carbocycles. The Balaban J connectivity index is 3.53. The number of alkyl halides is 1. The van der Waals surface area contributed by atoms with E-state index in [-0.39, 0.29) is 6.42 Å². The summed E-state index contributed by atoms with van der Waals surface area (Å²) < 4.78 is 41.3. The topological polar surface area (TPSA) is 54.4 Å². The van der Waals surface area contributed by atoms with Gasteiger partial charge in [0.2, 0.25) is 0 Å². The first-order valence-electron chi connectivity index (χ1n) is 4.05. The van der Waals surface area contributed by atoms with Crippen LogP contribution in [0.25, 0.3) is 0 Å². The van der Waals surface area contributed by atoms with Gasteiger partial charge in [0.05, 0.1) is 0 Å². The maximum Gasteiger partial charge on any atom is 0.267 e. The number of hydrogen-bond acceptors (Lipinski definition) is 2. The van der Waals surface area contributed by atoms with Crippen molar-refractivity contribution < 1.29 is 17.4 Å². The van der Waals surface area contributed by atoms with Gasteiger partial charge in [-0.15, -0.1) is 0 Å². The smallest absolute Gasteiger partial charge is 0.267 e. The molecule has 0 aromatic rings. The van der Waals surface area contributed by atoms with Gasteiger partial charge >= 0.3 is 0 Å². The average molecular weight is 198 g/mol. The van der Waals surface area contributed by atoms with E-state index in [0.717, 1.165) is 12.8 Å². The quantitative estimate of drug-likeness (QED) is 0.523. The largest absolute Gasteiger partial charge is 0.285 e. The summed E-state index contributed by atoms with van der Waals surface area (Å²) in [5.74, 6) is -0.767. The van der Waals surface area contributed by atoms with Gasteiger partial charge in [0, 0.05) is 0 Å². The van der Waals surface area contributed by atoms with E-state index in [1.165, 1.54) is 0 Å². The Morgan fingerprint density at radius 3 is 2.42 bits per heavy atom. The highest BCUT2D eigenvalue weighted by molar-refractivity contribution is 7.85. The van der Waals surface area contributed by atoms with Gasteiger partial charge in [-0.1, -0.05) is 26.2 Å². The molecule has 0 heterocycles. The normalized spacial score (nSPS) is 14.6. The zero-order valence-corrected chi connectivity index (χ0v) is 7.98. The van der Waals surface area contributed by atoms with Crippen molar-refractivity contribution in [1.82, 2.24) is 0 Å². The lowest BCUT2D eigenvalue weighted by molar-refractivity contribution is 0.325. The Kier molecular flexibility index (Phi) is 5.41. The molecule has 0 aliphatic heterocycles. The van der Waals surface area contributed by atoms with Crippen molar-refractivity contribution in [3.63, 3.8) is 0 Å². The van der Waals surface area contributed by atoms with Gasteiger partial charge in [-0.05, 0) is 6.42 Å². The molecule has 0 amide bonds. The van der Waals surface area contributed by atoms with Crippen LogP contribution in [-0.2, 0) is 10.1 Å². The Bertz CT molecular complexity index is 201. The van der Waals surface area contributed by atoms with Gasteiger partial charge in [0.1, 0.15) is 11.9 Å². The molecule has 0 aliphatic carbocycles. The summed E-state index contributed by atoms with van der Waals surface area (Å²) in [6.45, 7) is 1.98. The Morgan fingerprint density at radius 1 is 1.42 bits per heavy atom. The predicted molar refractivity (Wildman–Crippen MR) is 45.5 cm³/mol. The molecular weight excluding hydrogens is 183 g/mol. The Morgan fingerprint density at radius 2 is 2.00 bits per heavy atom. The molecule has 0 radical (unpaired) electrons. The van der Waals surface area contributed by atoms with Gasteiger partial charge in [-0.25, -0.2) is 4.39 Å². The molecule has 1 unspecified atom stereocenters. The fourth-order valence-electron chi connectivity index (χ4n) is 0.928. The third-order valence-corrected chi connectivity index (χ3v) is 2.30. The van der Waals surface area contributed by atoms with E-state index < -0.39 is 22.0 Å². The molecule has 0 aliphatic rings. The lowest BCUT2D eigenvalue weighted by atomic mass is 10.1. The zero-order chi connectivity index (χ0) is 9.61. The Labute approximate surface area is 72.7 Å². The third-order valence-electron chi connectivity index (χ3n) is 1.51. The summed E-state index contributed by atoms with van der Waals surface area (Å²) in [4.78, 5) is 0. The van der Waals surface area contributed by atoms with E-state index in [4.69, 9.17) is 4.55 Å². The van der Waals surface area contributed by atoms with Crippen LogP contribution in [0.1, 0.15) is 32.6 Å². The molecular formula is C7H15FO3S. The molecule has 0 saturated heterocycles. The number of halogens is 1. The fourth-order valence-corrected chi connectivity index (χ4v) is 1.55. The van der Waals surface area contributed by atoms with Crippen LogP contribution < -0.4 is 0 Å². The highest BCUT2D eigenvalue weighted by Gasteiger charge is 2.14. The SMILES string of the molecule is CCCCCC(F)CS(=O)(=O)O. The molecule has 1 atom stereocenters. The summed E-state index contributed by atoms with van der Waals surface area (Å²) in [5, 5.41) is 0. The van der Waals surface area contributed by atoms with Crippen LogP contribution in [0.4, 0.5) is 4.39 Å². The lowest BCUT2D eigenvalue weighted by Gasteiger charge is -2.04. The first-order valence-corrected chi connectivity index (χ1v) is 5.66. The second-order valence-corrected chi connectivity index (χ2v) is 4.34. The molecule has 74 valence electrons. The van der Waals surface area contributed by atoms with Gasteiger partial charge in [-0.3, -0.25) is 4.55 Å². The highest BCUT2D eigenvalue weighted by Crippen LogP contribution is 2.08. The van der Waals surface area contributed by atoms with Crippen molar-refractivity contribution in [2.24, 2.45) is 0 Å². The average Bonchev–Trinajstić information content (AvgIpc) is 1.84. The van der Waals surface area contributed by atoms with Gasteiger partial charge in [0.25, 0.3) is 10.1 Å². The van der Waals surface area contributed by atoms with Gasteiger partial charge in [-0.2, -0.15) is 8.42 Å². The maximum absolute atomic E-state index is 12.7. The van der Waals surface area contributed by atoms with E-state index in [1.807, 2.05) is 6.92 Å². The van der Waals surface area contributed by atoms with Crippen LogP contribution in [-0.4, -0.2) is 24.9 Å². The molecule has 0 fully saturated rings. The van der Waals surface area contributed by atoms with E-state index in [1.54, 1.807) is 0 Å². The van der Waals surface area contributed by atoms with Gasteiger partial charge < -0.3 is 0 Å². The zero-order valence-electron chi connectivity index (χ0n) is 7.16. The van der Waals surface area contributed by atoms with E-state index in [2.05, 4.69) is 0 Å². The van der Waals surface area contributed by atoms with Crippen LogP contribution in [0.3, 0.4) is 0 Å². The molecule has 5 heteroatoms. The van der Waals surface area contributed by atoms with E-state index in [0.29, 0.717) is 6.42 Å². The van der Waals surface area contributed by atoms with Crippen LogP contribution in [0.5, 0.6) is 0 Å². The maximum atomic E-state index is 12.7. The number of rotatable bonds is 6. The van der Waals surface area contributed by atoms with Crippen molar-refractivity contribution in [2.45, 2.75) is 38.8 Å². The minimum absolute atomic E-state index is 0.216. The third kappa shape index (κ3) is 7.94. The molecule has 0 saturated carbocycles. The van der Waals surface area contributed by atoms with E-state index in [9.17, 15) is 12.8 Å². The van der Waals surface area contributed by atoms with Crippen molar-refractivity contribution in [3.05, 3.63) is 0 Å². The number of unbranched alkanes of at least 4 members (excludes halogenated alkanes) is 2. The molecule has 1 N–H and O–H groups in total. The van der Waals surface area contributed by atoms with Crippen LogP contribution >= 0.6 is 0 Å². The predicted octanol–water partition coefficient (Wildman–Crippen LogP) is 1.79. The lowest BCUT2D eigenvalue weighted by Crippen LogP contribution is -2.15. The molecule has 12 heavy (non-hydrogen) atoms. The van der Waals surface area contributed by atoms with Crippen LogP contribution in [0.2, 0.25) is 0 Å². The second kappa shape index (κ2) is 5.48. The summed E-state index contributed by atoms with van der Waals surface area (Å²) in [5.41, 5.74) is 0. The fraction of sp³-hybridized carbons (Fsp3) is 1.00. The van der Waals surface area contributed by atoms with Crippen molar-refractivity contribution in [3.8, 4) is 0 Å². The molecule has 0 spiro atoms. The number of hydrogen-bond donors (Lipinski definition) is 1. The molecule has 0 aromatic heterocycles. The standard InChI is InChI=1S/C7H15FO3S/c1-2-3-4-5-7(8)6-12(9,10)11/h7H,2-6H2,1H3,(H,9,10,11). The second-order valence-electron chi connectivity index (χ2n) is 2.84. The first kappa shape index (κ1) is 11.8. The first-order chi connectivity index (χ1) is 5.45. The minimum Gasteiger partial charge on any atom is -0.285 e.